The van der Waals surface area contributed by atoms with Gasteiger partial charge in [0.25, 0.3) is 0 Å². The number of hydrogen-bond donors (Lipinski definition) is 0. The number of halogens is 1. The van der Waals surface area contributed by atoms with E-state index in [-0.39, 0.29) is 0 Å². The number of alkyl halides is 1. The zero-order valence-corrected chi connectivity index (χ0v) is 6.34. The summed E-state index contributed by atoms with van der Waals surface area (Å²) in [6, 6.07) is 0. The normalized spacial score (nSPS) is 7.57. The van der Waals surface area contributed by atoms with Crippen LogP contribution >= 0.6 is 22.6 Å². The fraction of sp³-hybridized carbons (Fsp3) is 0.750. The summed E-state index contributed by atoms with van der Waals surface area (Å²) in [5.74, 6) is 0. The van der Waals surface area contributed by atoms with Crippen LogP contribution < -0.4 is 0 Å². The molecule has 0 atom stereocenters. The standard InChI is InChI=1S/C4H7IN2/c1-7(4-6)3-2-5/h2-3H2,1H3. The zero-order valence-electron chi connectivity index (χ0n) is 4.19. The summed E-state index contributed by atoms with van der Waals surface area (Å²) in [6.07, 6.45) is 1.99. The number of nitrogens with zero attached hydrogens (tertiary/aromatic N) is 2. The number of nitriles is 1. The van der Waals surface area contributed by atoms with Gasteiger partial charge in [0.05, 0.1) is 0 Å². The molecular formula is C4H7IN2. The summed E-state index contributed by atoms with van der Waals surface area (Å²) in [7, 11) is 1.78. The van der Waals surface area contributed by atoms with Crippen LogP contribution in [-0.2, 0) is 0 Å². The van der Waals surface area contributed by atoms with E-state index in [1.807, 2.05) is 6.19 Å². The molecule has 0 aliphatic carbocycles. The van der Waals surface area contributed by atoms with Gasteiger partial charge in [-0.05, 0) is 0 Å². The third kappa shape index (κ3) is 3.86. The van der Waals surface area contributed by atoms with Gasteiger partial charge in [0, 0.05) is 18.0 Å². The van der Waals surface area contributed by atoms with Gasteiger partial charge in [-0.2, -0.15) is 5.26 Å². The Bertz CT molecular complexity index is 76.2. The maximum Gasteiger partial charge on any atom is 0.179 e. The Morgan fingerprint density at radius 3 is 2.57 bits per heavy atom. The summed E-state index contributed by atoms with van der Waals surface area (Å²) in [5.41, 5.74) is 0. The van der Waals surface area contributed by atoms with Crippen molar-refractivity contribution in [2.75, 3.05) is 18.0 Å². The molecule has 0 bridgehead atoms. The Morgan fingerprint density at radius 1 is 1.86 bits per heavy atom. The lowest BCUT2D eigenvalue weighted by Crippen LogP contribution is -2.12. The molecule has 0 radical (unpaired) electrons. The second kappa shape index (κ2) is 4.19. The fourth-order valence-corrected chi connectivity index (χ4v) is 0.900. The first-order valence-electron chi connectivity index (χ1n) is 1.98. The zero-order chi connectivity index (χ0) is 5.70. The quantitative estimate of drug-likeness (QED) is 0.292. The smallest absolute Gasteiger partial charge is 0.179 e. The highest BCUT2D eigenvalue weighted by molar-refractivity contribution is 14.1. The molecule has 0 fully saturated rings. The van der Waals surface area contributed by atoms with Crippen molar-refractivity contribution in [2.45, 2.75) is 0 Å². The number of rotatable bonds is 2. The second-order valence-electron chi connectivity index (χ2n) is 1.21. The highest BCUT2D eigenvalue weighted by Gasteiger charge is 1.85. The Morgan fingerprint density at radius 2 is 2.43 bits per heavy atom. The van der Waals surface area contributed by atoms with Crippen LogP contribution in [0, 0.1) is 11.5 Å². The van der Waals surface area contributed by atoms with Gasteiger partial charge in [0.2, 0.25) is 0 Å². The highest BCUT2D eigenvalue weighted by atomic mass is 127. The van der Waals surface area contributed by atoms with Crippen LogP contribution in [-0.4, -0.2) is 22.9 Å². The summed E-state index contributed by atoms with van der Waals surface area (Å²) >= 11 is 2.23. The second-order valence-corrected chi connectivity index (χ2v) is 2.29. The molecule has 0 rings (SSSR count). The van der Waals surface area contributed by atoms with E-state index < -0.39 is 0 Å². The third-order valence-electron chi connectivity index (χ3n) is 0.591. The Kier molecular flexibility index (Phi) is 4.20. The highest BCUT2D eigenvalue weighted by Crippen LogP contribution is 1.82. The van der Waals surface area contributed by atoms with Gasteiger partial charge in [0.1, 0.15) is 0 Å². The molecule has 0 unspecified atom stereocenters. The maximum absolute atomic E-state index is 8.14. The van der Waals surface area contributed by atoms with Gasteiger partial charge in [-0.15, -0.1) is 0 Å². The Labute approximate surface area is 57.2 Å². The summed E-state index contributed by atoms with van der Waals surface area (Å²) < 4.78 is 1.02. The monoisotopic (exact) mass is 210 g/mol. The van der Waals surface area contributed by atoms with Crippen molar-refractivity contribution in [3.05, 3.63) is 0 Å². The molecule has 3 heteroatoms. The van der Waals surface area contributed by atoms with Gasteiger partial charge in [-0.3, -0.25) is 0 Å². The minimum atomic E-state index is 0.858. The topological polar surface area (TPSA) is 27.0 Å². The molecule has 0 aromatic rings. The fourth-order valence-electron chi connectivity index (χ4n) is 0.177. The van der Waals surface area contributed by atoms with Crippen LogP contribution in [0.4, 0.5) is 0 Å². The van der Waals surface area contributed by atoms with Crippen LogP contribution in [0.5, 0.6) is 0 Å². The van der Waals surface area contributed by atoms with Gasteiger partial charge in [0.15, 0.2) is 6.19 Å². The van der Waals surface area contributed by atoms with Gasteiger partial charge >= 0.3 is 0 Å². The summed E-state index contributed by atoms with van der Waals surface area (Å²) in [5, 5.41) is 8.14. The first-order chi connectivity index (χ1) is 3.31. The largest absolute Gasteiger partial charge is 0.313 e. The predicted molar refractivity (Wildman–Crippen MR) is 37.1 cm³/mol. The molecule has 0 aliphatic heterocycles. The van der Waals surface area contributed by atoms with Crippen molar-refractivity contribution >= 4 is 22.6 Å². The van der Waals surface area contributed by atoms with E-state index in [1.54, 1.807) is 11.9 Å². The van der Waals surface area contributed by atoms with Crippen molar-refractivity contribution in [3.8, 4) is 6.19 Å². The van der Waals surface area contributed by atoms with E-state index in [0.717, 1.165) is 11.0 Å². The average Bonchev–Trinajstić information content (AvgIpc) is 1.68. The number of hydrogen-bond acceptors (Lipinski definition) is 2. The van der Waals surface area contributed by atoms with Crippen molar-refractivity contribution < 1.29 is 0 Å². The Balaban J connectivity index is 3.04. The van der Waals surface area contributed by atoms with Crippen LogP contribution in [0.15, 0.2) is 0 Å². The first-order valence-corrected chi connectivity index (χ1v) is 3.50. The van der Waals surface area contributed by atoms with Crippen molar-refractivity contribution in [2.24, 2.45) is 0 Å². The Hall–Kier alpha value is 0.0200. The van der Waals surface area contributed by atoms with Gasteiger partial charge in [-0.25, -0.2) is 0 Å². The molecule has 0 amide bonds. The molecule has 2 nitrogen and oxygen atoms in total. The lowest BCUT2D eigenvalue weighted by molar-refractivity contribution is 0.511. The van der Waals surface area contributed by atoms with Crippen LogP contribution in [0.2, 0.25) is 0 Å². The molecule has 0 N–H and O–H groups in total. The SMILES string of the molecule is CN(C#N)CCI. The molecule has 0 aromatic heterocycles. The van der Waals surface area contributed by atoms with E-state index in [4.69, 9.17) is 5.26 Å². The molecule has 0 spiro atoms. The maximum atomic E-state index is 8.14. The molecule has 0 saturated heterocycles. The van der Waals surface area contributed by atoms with Gasteiger partial charge in [-0.1, -0.05) is 22.6 Å². The summed E-state index contributed by atoms with van der Waals surface area (Å²) in [6.45, 7) is 0.858. The van der Waals surface area contributed by atoms with E-state index in [2.05, 4.69) is 22.6 Å². The molecule has 0 saturated carbocycles. The molecular weight excluding hydrogens is 203 g/mol. The van der Waals surface area contributed by atoms with Gasteiger partial charge < -0.3 is 4.90 Å². The average molecular weight is 210 g/mol. The van der Waals surface area contributed by atoms with E-state index in [1.165, 1.54) is 0 Å². The van der Waals surface area contributed by atoms with E-state index >= 15 is 0 Å². The van der Waals surface area contributed by atoms with Crippen LogP contribution in [0.25, 0.3) is 0 Å². The minimum Gasteiger partial charge on any atom is -0.313 e. The molecule has 0 aliphatic rings. The van der Waals surface area contributed by atoms with Crippen LogP contribution in [0.1, 0.15) is 0 Å². The lowest BCUT2D eigenvalue weighted by Gasteiger charge is -2.02. The molecule has 7 heavy (non-hydrogen) atoms. The van der Waals surface area contributed by atoms with E-state index in [9.17, 15) is 0 Å². The lowest BCUT2D eigenvalue weighted by atomic mass is 10.7. The molecule has 0 heterocycles. The van der Waals surface area contributed by atoms with Crippen molar-refractivity contribution in [1.82, 2.24) is 4.90 Å². The summed E-state index contributed by atoms with van der Waals surface area (Å²) in [4.78, 5) is 1.60. The molecule has 40 valence electrons. The third-order valence-corrected chi connectivity index (χ3v) is 1.07. The molecule has 0 aromatic carbocycles. The van der Waals surface area contributed by atoms with Crippen molar-refractivity contribution in [1.29, 1.82) is 5.26 Å². The first kappa shape index (κ1) is 7.02. The van der Waals surface area contributed by atoms with E-state index in [0.29, 0.717) is 0 Å². The van der Waals surface area contributed by atoms with Crippen LogP contribution in [0.3, 0.4) is 0 Å². The predicted octanol–water partition coefficient (Wildman–Crippen LogP) is 0.834. The minimum absolute atomic E-state index is 0.858. The van der Waals surface area contributed by atoms with Crippen molar-refractivity contribution in [3.63, 3.8) is 0 Å².